The molecule has 0 aromatic carbocycles. The lowest BCUT2D eigenvalue weighted by molar-refractivity contribution is 0.000662. The van der Waals surface area contributed by atoms with E-state index in [1.54, 1.807) is 0 Å². The third-order valence-electron chi connectivity index (χ3n) is 5.50. The Morgan fingerprint density at radius 3 is 2.70 bits per heavy atom. The van der Waals surface area contributed by atoms with Gasteiger partial charge in [-0.3, -0.25) is 4.90 Å². The van der Waals surface area contributed by atoms with Crippen LogP contribution in [0.15, 0.2) is 0 Å². The third kappa shape index (κ3) is 3.55. The van der Waals surface area contributed by atoms with Gasteiger partial charge in [0, 0.05) is 25.2 Å². The predicted molar refractivity (Wildman–Crippen MR) is 83.0 cm³/mol. The second kappa shape index (κ2) is 6.76. The summed E-state index contributed by atoms with van der Waals surface area (Å²) >= 11 is 0. The summed E-state index contributed by atoms with van der Waals surface area (Å²) in [4.78, 5) is 2.77. The first kappa shape index (κ1) is 14.8. The van der Waals surface area contributed by atoms with Gasteiger partial charge < -0.3 is 10.1 Å². The number of likely N-dealkylation sites (tertiary alicyclic amines) is 1. The van der Waals surface area contributed by atoms with Crippen molar-refractivity contribution in [2.45, 2.75) is 83.1 Å². The molecule has 0 aromatic heterocycles. The minimum Gasteiger partial charge on any atom is -0.372 e. The smallest absolute Gasteiger partial charge is 0.0707 e. The largest absolute Gasteiger partial charge is 0.372 e. The SMILES string of the molecule is CC(C)NCC1CCC(CN2CCCC3CCCC32)O1. The van der Waals surface area contributed by atoms with E-state index in [4.69, 9.17) is 4.74 Å². The number of fused-ring (bicyclic) bond motifs is 1. The van der Waals surface area contributed by atoms with E-state index in [1.165, 1.54) is 58.0 Å². The Morgan fingerprint density at radius 1 is 1.05 bits per heavy atom. The van der Waals surface area contributed by atoms with Crippen LogP contribution in [0.2, 0.25) is 0 Å². The van der Waals surface area contributed by atoms with Crippen LogP contribution >= 0.6 is 0 Å². The topological polar surface area (TPSA) is 24.5 Å². The minimum absolute atomic E-state index is 0.451. The van der Waals surface area contributed by atoms with Gasteiger partial charge in [0.05, 0.1) is 12.2 Å². The molecule has 2 heterocycles. The van der Waals surface area contributed by atoms with E-state index < -0.39 is 0 Å². The van der Waals surface area contributed by atoms with Crippen molar-refractivity contribution in [3.05, 3.63) is 0 Å². The lowest BCUT2D eigenvalue weighted by atomic mass is 9.91. The predicted octanol–water partition coefficient (Wildman–Crippen LogP) is 2.80. The zero-order valence-electron chi connectivity index (χ0n) is 13.3. The molecular formula is C17H32N2O. The van der Waals surface area contributed by atoms with Gasteiger partial charge in [-0.2, -0.15) is 0 Å². The molecule has 3 nitrogen and oxygen atoms in total. The Kier molecular flexibility index (Phi) is 5.00. The standard InChI is InChI=1S/C17H32N2O/c1-13(2)18-11-15-8-9-16(20-15)12-19-10-4-6-14-5-3-7-17(14)19/h13-18H,3-12H2,1-2H3. The number of ether oxygens (including phenoxy) is 1. The molecule has 20 heavy (non-hydrogen) atoms. The lowest BCUT2D eigenvalue weighted by Crippen LogP contribution is -2.46. The highest BCUT2D eigenvalue weighted by Gasteiger charge is 2.37. The van der Waals surface area contributed by atoms with Gasteiger partial charge in [0.2, 0.25) is 0 Å². The number of hydrogen-bond acceptors (Lipinski definition) is 3. The van der Waals surface area contributed by atoms with Crippen LogP contribution in [0, 0.1) is 5.92 Å². The first-order valence-electron chi connectivity index (χ1n) is 8.85. The Morgan fingerprint density at radius 2 is 1.85 bits per heavy atom. The van der Waals surface area contributed by atoms with Crippen LogP contribution < -0.4 is 5.32 Å². The van der Waals surface area contributed by atoms with Crippen LogP contribution in [0.3, 0.4) is 0 Å². The maximum atomic E-state index is 6.26. The maximum Gasteiger partial charge on any atom is 0.0707 e. The highest BCUT2D eigenvalue weighted by Crippen LogP contribution is 2.37. The summed E-state index contributed by atoms with van der Waals surface area (Å²) < 4.78 is 6.26. The summed E-state index contributed by atoms with van der Waals surface area (Å²) in [6.07, 6.45) is 10.7. The van der Waals surface area contributed by atoms with Gasteiger partial charge in [-0.05, 0) is 51.0 Å². The van der Waals surface area contributed by atoms with Gasteiger partial charge in [-0.15, -0.1) is 0 Å². The van der Waals surface area contributed by atoms with E-state index in [9.17, 15) is 0 Å². The highest BCUT2D eigenvalue weighted by atomic mass is 16.5. The molecular weight excluding hydrogens is 248 g/mol. The summed E-state index contributed by atoms with van der Waals surface area (Å²) in [5.74, 6) is 1.00. The van der Waals surface area contributed by atoms with E-state index in [2.05, 4.69) is 24.1 Å². The van der Waals surface area contributed by atoms with Crippen LogP contribution in [-0.2, 0) is 4.74 Å². The van der Waals surface area contributed by atoms with Gasteiger partial charge in [0.1, 0.15) is 0 Å². The number of nitrogens with one attached hydrogen (secondary N) is 1. The summed E-state index contributed by atoms with van der Waals surface area (Å²) in [5, 5.41) is 3.51. The monoisotopic (exact) mass is 280 g/mol. The van der Waals surface area contributed by atoms with E-state index in [0.29, 0.717) is 18.2 Å². The Labute approximate surface area is 124 Å². The fourth-order valence-corrected chi connectivity index (χ4v) is 4.48. The van der Waals surface area contributed by atoms with Gasteiger partial charge >= 0.3 is 0 Å². The van der Waals surface area contributed by atoms with Crippen LogP contribution in [0.4, 0.5) is 0 Å². The number of hydrogen-bond donors (Lipinski definition) is 1. The molecule has 0 aromatic rings. The fraction of sp³-hybridized carbons (Fsp3) is 1.00. The van der Waals surface area contributed by atoms with Crippen molar-refractivity contribution in [1.82, 2.24) is 10.2 Å². The first-order chi connectivity index (χ1) is 9.72. The lowest BCUT2D eigenvalue weighted by Gasteiger charge is -2.39. The van der Waals surface area contributed by atoms with Crippen LogP contribution in [0.1, 0.15) is 58.8 Å². The molecule has 0 amide bonds. The molecule has 4 unspecified atom stereocenters. The first-order valence-corrected chi connectivity index (χ1v) is 8.85. The Balaban J connectivity index is 1.44. The van der Waals surface area contributed by atoms with Gasteiger partial charge in [0.25, 0.3) is 0 Å². The summed E-state index contributed by atoms with van der Waals surface area (Å²) in [6, 6.07) is 1.46. The zero-order chi connectivity index (χ0) is 13.9. The van der Waals surface area contributed by atoms with Crippen molar-refractivity contribution >= 4 is 0 Å². The maximum absolute atomic E-state index is 6.26. The second-order valence-electron chi connectivity index (χ2n) is 7.42. The van der Waals surface area contributed by atoms with E-state index in [0.717, 1.165) is 18.5 Å². The average Bonchev–Trinajstić information content (AvgIpc) is 3.05. The molecule has 0 spiro atoms. The van der Waals surface area contributed by atoms with Crippen molar-refractivity contribution in [1.29, 1.82) is 0 Å². The molecule has 1 N–H and O–H groups in total. The zero-order valence-corrected chi connectivity index (χ0v) is 13.3. The number of piperidine rings is 1. The van der Waals surface area contributed by atoms with Crippen LogP contribution in [0.25, 0.3) is 0 Å². The molecule has 0 radical (unpaired) electrons. The second-order valence-corrected chi connectivity index (χ2v) is 7.42. The van der Waals surface area contributed by atoms with Crippen LogP contribution in [0.5, 0.6) is 0 Å². The van der Waals surface area contributed by atoms with E-state index >= 15 is 0 Å². The molecule has 1 saturated carbocycles. The average molecular weight is 280 g/mol. The molecule has 3 fully saturated rings. The summed E-state index contributed by atoms with van der Waals surface area (Å²) in [6.45, 7) is 7.95. The third-order valence-corrected chi connectivity index (χ3v) is 5.50. The molecule has 116 valence electrons. The van der Waals surface area contributed by atoms with Crippen molar-refractivity contribution < 1.29 is 4.74 Å². The normalized spacial score (nSPS) is 38.5. The Hall–Kier alpha value is -0.120. The molecule has 3 aliphatic rings. The number of rotatable bonds is 5. The highest BCUT2D eigenvalue weighted by molar-refractivity contribution is 4.91. The fourth-order valence-electron chi connectivity index (χ4n) is 4.48. The van der Waals surface area contributed by atoms with Crippen LogP contribution in [-0.4, -0.2) is 48.8 Å². The Bertz CT molecular complexity index is 307. The summed E-state index contributed by atoms with van der Waals surface area (Å²) in [5.41, 5.74) is 0. The van der Waals surface area contributed by atoms with Gasteiger partial charge in [-0.25, -0.2) is 0 Å². The molecule has 3 heteroatoms. The van der Waals surface area contributed by atoms with E-state index in [1.807, 2.05) is 0 Å². The van der Waals surface area contributed by atoms with Gasteiger partial charge in [0.15, 0.2) is 0 Å². The molecule has 1 aliphatic carbocycles. The quantitative estimate of drug-likeness (QED) is 0.838. The van der Waals surface area contributed by atoms with E-state index in [-0.39, 0.29) is 0 Å². The molecule has 2 aliphatic heterocycles. The molecule has 4 atom stereocenters. The van der Waals surface area contributed by atoms with Crippen molar-refractivity contribution in [3.8, 4) is 0 Å². The molecule has 2 saturated heterocycles. The molecule has 3 rings (SSSR count). The van der Waals surface area contributed by atoms with Crippen molar-refractivity contribution in [2.75, 3.05) is 19.6 Å². The van der Waals surface area contributed by atoms with Crippen molar-refractivity contribution in [3.63, 3.8) is 0 Å². The summed E-state index contributed by atoms with van der Waals surface area (Å²) in [7, 11) is 0. The van der Waals surface area contributed by atoms with Crippen molar-refractivity contribution in [2.24, 2.45) is 5.92 Å². The number of nitrogens with zero attached hydrogens (tertiary/aromatic N) is 1. The molecule has 0 bridgehead atoms. The van der Waals surface area contributed by atoms with Gasteiger partial charge in [-0.1, -0.05) is 20.3 Å². The minimum atomic E-state index is 0.451.